The maximum atomic E-state index is 13.0. The molecule has 148 valence electrons. The molecule has 0 aliphatic carbocycles. The first kappa shape index (κ1) is 19.6. The second kappa shape index (κ2) is 9.16. The molecule has 0 radical (unpaired) electrons. The van der Waals surface area contributed by atoms with E-state index in [4.69, 9.17) is 0 Å². The average molecular weight is 381 g/mol. The molecular weight excluding hydrogens is 354 g/mol. The molecule has 0 aliphatic rings. The van der Waals surface area contributed by atoms with Gasteiger partial charge in [-0.15, -0.1) is 0 Å². The quantitative estimate of drug-likeness (QED) is 0.650. The van der Waals surface area contributed by atoms with E-state index in [0.29, 0.717) is 13.1 Å². The lowest BCUT2D eigenvalue weighted by atomic mass is 10.2. The number of nitrogens with zero attached hydrogens (tertiary/aromatic N) is 6. The smallest absolute Gasteiger partial charge is 0.323 e. The molecule has 8 heteroatoms. The number of amides is 2. The van der Waals surface area contributed by atoms with Gasteiger partial charge in [0.2, 0.25) is 0 Å². The molecule has 0 unspecified atom stereocenters. The van der Waals surface area contributed by atoms with Crippen molar-refractivity contribution in [2.24, 2.45) is 7.05 Å². The highest BCUT2D eigenvalue weighted by atomic mass is 16.2. The Morgan fingerprint density at radius 3 is 2.79 bits per heavy atom. The van der Waals surface area contributed by atoms with E-state index in [1.165, 1.54) is 0 Å². The van der Waals surface area contributed by atoms with Crippen LogP contribution in [0, 0.1) is 6.92 Å². The van der Waals surface area contributed by atoms with Gasteiger partial charge in [0, 0.05) is 57.0 Å². The predicted octanol–water partition coefficient (Wildman–Crippen LogP) is 3.01. The molecule has 0 aromatic carbocycles. The standard InChI is InChI=1S/C20H27N7O/c1-4-18-16(2)19(25(3)24-18)23-20(28)27(14-17-7-5-8-21-13-17)11-6-10-26-12-9-22-15-26/h5,7-9,12-13,15H,4,6,10-11,14H2,1-3H3,(H,23,28). The topological polar surface area (TPSA) is 80.9 Å². The van der Waals surface area contributed by atoms with Crippen LogP contribution < -0.4 is 5.32 Å². The summed E-state index contributed by atoms with van der Waals surface area (Å²) in [7, 11) is 1.85. The molecular formula is C20H27N7O. The van der Waals surface area contributed by atoms with Gasteiger partial charge in [-0.2, -0.15) is 5.10 Å². The van der Waals surface area contributed by atoms with Crippen molar-refractivity contribution in [3.8, 4) is 0 Å². The second-order valence-corrected chi connectivity index (χ2v) is 6.76. The summed E-state index contributed by atoms with van der Waals surface area (Å²) in [5.41, 5.74) is 3.01. The molecule has 3 heterocycles. The number of anilines is 1. The number of imidazole rings is 1. The normalized spacial score (nSPS) is 10.8. The number of nitrogens with one attached hydrogen (secondary N) is 1. The summed E-state index contributed by atoms with van der Waals surface area (Å²) in [5, 5.41) is 7.53. The number of aromatic nitrogens is 5. The summed E-state index contributed by atoms with van der Waals surface area (Å²) in [5.74, 6) is 0.743. The Balaban J connectivity index is 1.71. The summed E-state index contributed by atoms with van der Waals surface area (Å²) in [4.78, 5) is 23.1. The van der Waals surface area contributed by atoms with Crippen molar-refractivity contribution in [3.05, 3.63) is 60.1 Å². The Hall–Kier alpha value is -3.16. The number of carbonyl (C=O) groups excluding carboxylic acids is 1. The minimum absolute atomic E-state index is 0.136. The van der Waals surface area contributed by atoms with Gasteiger partial charge >= 0.3 is 6.03 Å². The molecule has 1 N–H and O–H groups in total. The zero-order valence-corrected chi connectivity index (χ0v) is 16.7. The van der Waals surface area contributed by atoms with E-state index in [9.17, 15) is 4.79 Å². The molecule has 0 saturated carbocycles. The molecule has 0 spiro atoms. The van der Waals surface area contributed by atoms with Crippen molar-refractivity contribution in [1.29, 1.82) is 0 Å². The highest BCUT2D eigenvalue weighted by Crippen LogP contribution is 2.19. The summed E-state index contributed by atoms with van der Waals surface area (Å²) in [6, 6.07) is 3.73. The van der Waals surface area contributed by atoms with Crippen LogP contribution in [0.1, 0.15) is 30.2 Å². The van der Waals surface area contributed by atoms with Crippen LogP contribution >= 0.6 is 0 Å². The number of carbonyl (C=O) groups is 1. The molecule has 0 aliphatic heterocycles. The van der Waals surface area contributed by atoms with Crippen LogP contribution in [0.5, 0.6) is 0 Å². The fourth-order valence-electron chi connectivity index (χ4n) is 3.20. The van der Waals surface area contributed by atoms with Gasteiger partial charge in [-0.3, -0.25) is 15.0 Å². The van der Waals surface area contributed by atoms with Crippen molar-refractivity contribution in [2.75, 3.05) is 11.9 Å². The van der Waals surface area contributed by atoms with E-state index in [2.05, 4.69) is 27.3 Å². The highest BCUT2D eigenvalue weighted by Gasteiger charge is 2.18. The fourth-order valence-corrected chi connectivity index (χ4v) is 3.20. The molecule has 0 atom stereocenters. The second-order valence-electron chi connectivity index (χ2n) is 6.76. The van der Waals surface area contributed by atoms with Crippen LogP contribution in [0.3, 0.4) is 0 Å². The van der Waals surface area contributed by atoms with Crippen LogP contribution in [-0.2, 0) is 26.6 Å². The van der Waals surface area contributed by atoms with E-state index < -0.39 is 0 Å². The number of rotatable bonds is 8. The summed E-state index contributed by atoms with van der Waals surface area (Å²) < 4.78 is 3.75. The van der Waals surface area contributed by atoms with Crippen LogP contribution in [0.4, 0.5) is 10.6 Å². The molecule has 8 nitrogen and oxygen atoms in total. The minimum Gasteiger partial charge on any atom is -0.337 e. The summed E-state index contributed by atoms with van der Waals surface area (Å²) in [6.07, 6.45) is 10.7. The van der Waals surface area contributed by atoms with Crippen molar-refractivity contribution >= 4 is 11.8 Å². The highest BCUT2D eigenvalue weighted by molar-refractivity contribution is 5.89. The third kappa shape index (κ3) is 4.76. The van der Waals surface area contributed by atoms with Crippen LogP contribution in [0.2, 0.25) is 0 Å². The molecule has 28 heavy (non-hydrogen) atoms. The van der Waals surface area contributed by atoms with Crippen LogP contribution in [0.15, 0.2) is 43.2 Å². The molecule has 2 amide bonds. The van der Waals surface area contributed by atoms with E-state index in [-0.39, 0.29) is 6.03 Å². The Morgan fingerprint density at radius 1 is 1.29 bits per heavy atom. The first-order valence-corrected chi connectivity index (χ1v) is 9.51. The first-order valence-electron chi connectivity index (χ1n) is 9.51. The van der Waals surface area contributed by atoms with Gasteiger partial charge in [0.15, 0.2) is 0 Å². The number of hydrogen-bond acceptors (Lipinski definition) is 4. The summed E-state index contributed by atoms with van der Waals surface area (Å²) in [6.45, 7) is 5.98. The van der Waals surface area contributed by atoms with E-state index >= 15 is 0 Å². The number of urea groups is 1. The first-order chi connectivity index (χ1) is 13.6. The SMILES string of the molecule is CCc1nn(C)c(NC(=O)N(CCCn2ccnc2)Cc2cccnc2)c1C. The van der Waals surface area contributed by atoms with Gasteiger partial charge < -0.3 is 9.47 Å². The minimum atomic E-state index is -0.136. The van der Waals surface area contributed by atoms with Gasteiger partial charge in [0.25, 0.3) is 0 Å². The van der Waals surface area contributed by atoms with Gasteiger partial charge in [0.05, 0.1) is 12.0 Å². The largest absolute Gasteiger partial charge is 0.337 e. The van der Waals surface area contributed by atoms with E-state index in [1.807, 2.05) is 41.8 Å². The van der Waals surface area contributed by atoms with Gasteiger partial charge in [-0.05, 0) is 31.4 Å². The zero-order chi connectivity index (χ0) is 19.9. The van der Waals surface area contributed by atoms with Crippen molar-refractivity contribution in [1.82, 2.24) is 29.2 Å². The third-order valence-electron chi connectivity index (χ3n) is 4.73. The van der Waals surface area contributed by atoms with Crippen molar-refractivity contribution in [2.45, 2.75) is 39.8 Å². The Kier molecular flexibility index (Phi) is 6.41. The summed E-state index contributed by atoms with van der Waals surface area (Å²) >= 11 is 0. The van der Waals surface area contributed by atoms with E-state index in [1.54, 1.807) is 29.6 Å². The molecule has 0 fully saturated rings. The molecule has 3 rings (SSSR count). The number of pyridine rings is 1. The molecule has 0 bridgehead atoms. The number of hydrogen-bond donors (Lipinski definition) is 1. The Bertz CT molecular complexity index is 887. The molecule has 3 aromatic rings. The van der Waals surface area contributed by atoms with E-state index in [0.717, 1.165) is 42.0 Å². The number of aryl methyl sites for hydroxylation is 3. The monoisotopic (exact) mass is 381 g/mol. The average Bonchev–Trinajstić information content (AvgIpc) is 3.31. The maximum absolute atomic E-state index is 13.0. The van der Waals surface area contributed by atoms with Crippen molar-refractivity contribution < 1.29 is 4.79 Å². The lowest BCUT2D eigenvalue weighted by molar-refractivity contribution is 0.207. The molecule has 3 aromatic heterocycles. The van der Waals surface area contributed by atoms with Gasteiger partial charge in [-0.25, -0.2) is 9.78 Å². The lowest BCUT2D eigenvalue weighted by Gasteiger charge is -2.23. The predicted molar refractivity (Wildman–Crippen MR) is 108 cm³/mol. The van der Waals surface area contributed by atoms with Crippen LogP contribution in [0.25, 0.3) is 0 Å². The Labute approximate surface area is 165 Å². The van der Waals surface area contributed by atoms with Crippen LogP contribution in [-0.4, -0.2) is 41.8 Å². The van der Waals surface area contributed by atoms with Gasteiger partial charge in [-0.1, -0.05) is 13.0 Å². The van der Waals surface area contributed by atoms with Gasteiger partial charge in [0.1, 0.15) is 5.82 Å². The molecule has 0 saturated heterocycles. The maximum Gasteiger partial charge on any atom is 0.323 e. The lowest BCUT2D eigenvalue weighted by Crippen LogP contribution is -2.36. The third-order valence-corrected chi connectivity index (χ3v) is 4.73. The Morgan fingerprint density at radius 2 is 2.14 bits per heavy atom. The zero-order valence-electron chi connectivity index (χ0n) is 16.7. The van der Waals surface area contributed by atoms with Crippen molar-refractivity contribution in [3.63, 3.8) is 0 Å². The fraction of sp³-hybridized carbons (Fsp3) is 0.400.